The highest BCUT2D eigenvalue weighted by Crippen LogP contribution is 2.24. The van der Waals surface area contributed by atoms with Gasteiger partial charge in [0.05, 0.1) is 7.11 Å². The Bertz CT molecular complexity index is 496. The van der Waals surface area contributed by atoms with Gasteiger partial charge in [0.15, 0.2) is 0 Å². The van der Waals surface area contributed by atoms with Crippen LogP contribution in [0.1, 0.15) is 10.6 Å². The summed E-state index contributed by atoms with van der Waals surface area (Å²) in [5.41, 5.74) is 0.785. The van der Waals surface area contributed by atoms with Crippen molar-refractivity contribution < 1.29 is 19.1 Å². The third kappa shape index (κ3) is 1.91. The van der Waals surface area contributed by atoms with Gasteiger partial charge < -0.3 is 14.3 Å². The molecule has 0 spiro atoms. The normalized spacial score (nSPS) is 10.1. The van der Waals surface area contributed by atoms with Gasteiger partial charge in [0.1, 0.15) is 11.5 Å². The fourth-order valence-electron chi connectivity index (χ4n) is 1.33. The van der Waals surface area contributed by atoms with Gasteiger partial charge in [-0.05, 0) is 36.4 Å². The number of aromatic hydroxyl groups is 1. The minimum Gasteiger partial charge on any atom is -0.508 e. The van der Waals surface area contributed by atoms with Gasteiger partial charge in [-0.25, -0.2) is 4.79 Å². The molecule has 82 valence electrons. The van der Waals surface area contributed by atoms with Crippen molar-refractivity contribution in [2.75, 3.05) is 7.11 Å². The Balaban J connectivity index is 2.31. The Kier molecular flexibility index (Phi) is 2.64. The first-order chi connectivity index (χ1) is 7.70. The van der Waals surface area contributed by atoms with Crippen LogP contribution in [0, 0.1) is 0 Å². The van der Waals surface area contributed by atoms with E-state index in [-0.39, 0.29) is 11.5 Å². The molecule has 1 aromatic heterocycles. The lowest BCUT2D eigenvalue weighted by Crippen LogP contribution is -1.98. The van der Waals surface area contributed by atoms with Crippen LogP contribution in [-0.2, 0) is 4.74 Å². The second-order valence-corrected chi connectivity index (χ2v) is 3.20. The molecule has 0 atom stereocenters. The smallest absolute Gasteiger partial charge is 0.373 e. The van der Waals surface area contributed by atoms with Crippen LogP contribution in [0.25, 0.3) is 11.3 Å². The second kappa shape index (κ2) is 4.10. The zero-order valence-electron chi connectivity index (χ0n) is 8.64. The average Bonchev–Trinajstić information content (AvgIpc) is 2.78. The van der Waals surface area contributed by atoms with Gasteiger partial charge in [-0.2, -0.15) is 0 Å². The van der Waals surface area contributed by atoms with Crippen LogP contribution in [0.3, 0.4) is 0 Å². The summed E-state index contributed by atoms with van der Waals surface area (Å²) in [6.45, 7) is 0. The summed E-state index contributed by atoms with van der Waals surface area (Å²) in [4.78, 5) is 11.2. The van der Waals surface area contributed by atoms with Crippen molar-refractivity contribution in [2.45, 2.75) is 0 Å². The molecule has 1 N–H and O–H groups in total. The highest BCUT2D eigenvalue weighted by molar-refractivity contribution is 5.87. The lowest BCUT2D eigenvalue weighted by Gasteiger charge is -1.97. The standard InChI is InChI=1S/C12H10O4/c1-15-12(14)11-7-6-10(16-11)8-2-4-9(13)5-3-8/h2-7,13H,1H3. The maximum atomic E-state index is 11.2. The van der Waals surface area contributed by atoms with Crippen molar-refractivity contribution in [3.63, 3.8) is 0 Å². The second-order valence-electron chi connectivity index (χ2n) is 3.20. The van der Waals surface area contributed by atoms with E-state index in [4.69, 9.17) is 9.52 Å². The first kappa shape index (κ1) is 10.3. The maximum absolute atomic E-state index is 11.2. The third-order valence-corrected chi connectivity index (χ3v) is 2.14. The van der Waals surface area contributed by atoms with Crippen LogP contribution in [0.5, 0.6) is 5.75 Å². The molecular formula is C12H10O4. The molecule has 2 aromatic rings. The van der Waals surface area contributed by atoms with Crippen molar-refractivity contribution in [1.82, 2.24) is 0 Å². The Labute approximate surface area is 92.1 Å². The molecular weight excluding hydrogens is 208 g/mol. The highest BCUT2D eigenvalue weighted by Gasteiger charge is 2.11. The monoisotopic (exact) mass is 218 g/mol. The van der Waals surface area contributed by atoms with E-state index in [0.29, 0.717) is 5.76 Å². The van der Waals surface area contributed by atoms with Gasteiger partial charge in [0, 0.05) is 5.56 Å². The summed E-state index contributed by atoms with van der Waals surface area (Å²) in [7, 11) is 1.30. The molecule has 0 amide bonds. The Morgan fingerprint density at radius 2 is 1.88 bits per heavy atom. The average molecular weight is 218 g/mol. The van der Waals surface area contributed by atoms with Crippen molar-refractivity contribution in [1.29, 1.82) is 0 Å². The zero-order valence-corrected chi connectivity index (χ0v) is 8.64. The molecule has 0 saturated heterocycles. The number of esters is 1. The predicted octanol–water partition coefficient (Wildman–Crippen LogP) is 2.44. The van der Waals surface area contributed by atoms with E-state index in [0.717, 1.165) is 5.56 Å². The molecule has 0 radical (unpaired) electrons. The fraction of sp³-hybridized carbons (Fsp3) is 0.0833. The molecule has 0 saturated carbocycles. The van der Waals surface area contributed by atoms with Crippen molar-refractivity contribution in [2.24, 2.45) is 0 Å². The van der Waals surface area contributed by atoms with E-state index >= 15 is 0 Å². The van der Waals surface area contributed by atoms with Crippen LogP contribution in [-0.4, -0.2) is 18.2 Å². The van der Waals surface area contributed by atoms with Crippen LogP contribution in [0.4, 0.5) is 0 Å². The van der Waals surface area contributed by atoms with Crippen molar-refractivity contribution >= 4 is 5.97 Å². The molecule has 2 rings (SSSR count). The number of ether oxygens (including phenoxy) is 1. The number of hydrogen-bond acceptors (Lipinski definition) is 4. The molecule has 0 aliphatic carbocycles. The number of carbonyl (C=O) groups is 1. The van der Waals surface area contributed by atoms with E-state index in [1.54, 1.807) is 36.4 Å². The topological polar surface area (TPSA) is 59.7 Å². The highest BCUT2D eigenvalue weighted by atomic mass is 16.5. The molecule has 0 aliphatic heterocycles. The molecule has 1 heterocycles. The van der Waals surface area contributed by atoms with Gasteiger partial charge in [-0.15, -0.1) is 0 Å². The first-order valence-electron chi connectivity index (χ1n) is 4.68. The summed E-state index contributed by atoms with van der Waals surface area (Å²) >= 11 is 0. The summed E-state index contributed by atoms with van der Waals surface area (Å²) < 4.78 is 9.84. The first-order valence-corrected chi connectivity index (χ1v) is 4.68. The van der Waals surface area contributed by atoms with Crippen LogP contribution in [0.15, 0.2) is 40.8 Å². The number of phenolic OH excluding ortho intramolecular Hbond substituents is 1. The van der Waals surface area contributed by atoms with Gasteiger partial charge >= 0.3 is 5.97 Å². The van der Waals surface area contributed by atoms with E-state index in [1.807, 2.05) is 0 Å². The molecule has 1 aromatic carbocycles. The number of benzene rings is 1. The van der Waals surface area contributed by atoms with Crippen LogP contribution >= 0.6 is 0 Å². The summed E-state index contributed by atoms with van der Waals surface area (Å²) in [5, 5.41) is 9.13. The Hall–Kier alpha value is -2.23. The Morgan fingerprint density at radius 3 is 2.50 bits per heavy atom. The van der Waals surface area contributed by atoms with Gasteiger partial charge in [0.25, 0.3) is 0 Å². The predicted molar refractivity (Wildman–Crippen MR) is 57.1 cm³/mol. The van der Waals surface area contributed by atoms with Crippen molar-refractivity contribution in [3.05, 3.63) is 42.2 Å². The quantitative estimate of drug-likeness (QED) is 0.786. The Morgan fingerprint density at radius 1 is 1.19 bits per heavy atom. The molecule has 16 heavy (non-hydrogen) atoms. The number of hydrogen-bond donors (Lipinski definition) is 1. The van der Waals surface area contributed by atoms with Gasteiger partial charge in [-0.1, -0.05) is 0 Å². The van der Waals surface area contributed by atoms with E-state index < -0.39 is 5.97 Å². The lowest BCUT2D eigenvalue weighted by atomic mass is 10.2. The maximum Gasteiger partial charge on any atom is 0.373 e. The molecule has 0 fully saturated rings. The number of furan rings is 1. The third-order valence-electron chi connectivity index (χ3n) is 2.14. The van der Waals surface area contributed by atoms with Crippen molar-refractivity contribution in [3.8, 4) is 17.1 Å². The molecule has 0 bridgehead atoms. The molecule has 4 nitrogen and oxygen atoms in total. The summed E-state index contributed by atoms with van der Waals surface area (Å²) in [6, 6.07) is 9.74. The minimum absolute atomic E-state index is 0.158. The SMILES string of the molecule is COC(=O)c1ccc(-c2ccc(O)cc2)o1. The number of rotatable bonds is 2. The number of carbonyl (C=O) groups excluding carboxylic acids is 1. The molecule has 0 unspecified atom stereocenters. The largest absolute Gasteiger partial charge is 0.508 e. The van der Waals surface area contributed by atoms with Crippen LogP contribution < -0.4 is 0 Å². The fourth-order valence-corrected chi connectivity index (χ4v) is 1.33. The molecule has 0 aliphatic rings. The summed E-state index contributed by atoms with van der Waals surface area (Å²) in [5.74, 6) is 0.388. The summed E-state index contributed by atoms with van der Waals surface area (Å²) in [6.07, 6.45) is 0. The minimum atomic E-state index is -0.509. The zero-order chi connectivity index (χ0) is 11.5. The number of methoxy groups -OCH3 is 1. The van der Waals surface area contributed by atoms with E-state index in [1.165, 1.54) is 7.11 Å². The van der Waals surface area contributed by atoms with E-state index in [2.05, 4.69) is 4.74 Å². The van der Waals surface area contributed by atoms with Crippen LogP contribution in [0.2, 0.25) is 0 Å². The van der Waals surface area contributed by atoms with Gasteiger partial charge in [0.2, 0.25) is 5.76 Å². The van der Waals surface area contributed by atoms with Gasteiger partial charge in [-0.3, -0.25) is 0 Å². The molecule has 4 heteroatoms. The lowest BCUT2D eigenvalue weighted by molar-refractivity contribution is 0.0566. The number of phenols is 1. The van der Waals surface area contributed by atoms with E-state index in [9.17, 15) is 4.79 Å².